The molecule has 1 aromatic heterocycles. The van der Waals surface area contributed by atoms with Crippen molar-refractivity contribution in [2.24, 2.45) is 0 Å². The smallest absolute Gasteiger partial charge is 0.253 e. The number of thioether (sulfide) groups is 1. The van der Waals surface area contributed by atoms with E-state index in [9.17, 15) is 9.59 Å². The molecule has 3 aromatic rings. The molecule has 10 heteroatoms. The van der Waals surface area contributed by atoms with Crippen molar-refractivity contribution in [2.75, 3.05) is 18.2 Å². The Morgan fingerprint density at radius 2 is 1.94 bits per heavy atom. The topological polar surface area (TPSA) is 98.1 Å². The Hall–Kier alpha value is -3.30. The van der Waals surface area contributed by atoms with Crippen LogP contribution in [0.3, 0.4) is 0 Å². The van der Waals surface area contributed by atoms with Crippen molar-refractivity contribution in [2.45, 2.75) is 24.7 Å². The van der Waals surface area contributed by atoms with Gasteiger partial charge in [0.1, 0.15) is 5.75 Å². The maximum Gasteiger partial charge on any atom is 0.253 e. The number of halogens is 1. The van der Waals surface area contributed by atoms with Crippen molar-refractivity contribution < 1.29 is 14.3 Å². The second-order valence-electron chi connectivity index (χ2n) is 6.95. The van der Waals surface area contributed by atoms with Gasteiger partial charge in [0.2, 0.25) is 5.91 Å². The number of amides is 2. The summed E-state index contributed by atoms with van der Waals surface area (Å²) in [7, 11) is 1.55. The van der Waals surface area contributed by atoms with Crippen LogP contribution in [0.25, 0.3) is 0 Å². The van der Waals surface area contributed by atoms with E-state index in [2.05, 4.69) is 27.4 Å². The van der Waals surface area contributed by atoms with E-state index in [1.165, 1.54) is 11.8 Å². The number of hydrogen-bond acceptors (Lipinski definition) is 6. The molecule has 0 aliphatic carbocycles. The predicted molar refractivity (Wildman–Crippen MR) is 130 cm³/mol. The molecular weight excluding hydrogens is 462 g/mol. The molecule has 0 fully saturated rings. The lowest BCUT2D eigenvalue weighted by atomic mass is 10.2. The molecule has 2 N–H and O–H groups in total. The number of benzene rings is 2. The number of nitrogens with zero attached hydrogens (tertiary/aromatic N) is 3. The average molecular weight is 486 g/mol. The second kappa shape index (κ2) is 11.5. The molecular formula is C23H24ClN5O3S. The maximum absolute atomic E-state index is 12.6. The molecule has 0 radical (unpaired) electrons. The van der Waals surface area contributed by atoms with Gasteiger partial charge >= 0.3 is 0 Å². The Morgan fingerprint density at radius 1 is 1.21 bits per heavy atom. The lowest BCUT2D eigenvalue weighted by Crippen LogP contribution is -2.29. The number of rotatable bonds is 10. The summed E-state index contributed by atoms with van der Waals surface area (Å²) in [4.78, 5) is 25.1. The van der Waals surface area contributed by atoms with E-state index in [1.807, 2.05) is 16.7 Å². The predicted octanol–water partition coefficient (Wildman–Crippen LogP) is 4.35. The Bertz CT molecular complexity index is 1150. The van der Waals surface area contributed by atoms with Gasteiger partial charge in [-0.25, -0.2) is 0 Å². The zero-order chi connectivity index (χ0) is 23.8. The van der Waals surface area contributed by atoms with Gasteiger partial charge in [0.05, 0.1) is 35.2 Å². The fraction of sp³-hybridized carbons (Fsp3) is 0.217. The van der Waals surface area contributed by atoms with Crippen LogP contribution in [0.15, 0.2) is 66.3 Å². The number of anilines is 1. The van der Waals surface area contributed by atoms with E-state index in [4.69, 9.17) is 16.3 Å². The molecule has 0 bridgehead atoms. The molecule has 2 amide bonds. The Labute approximate surface area is 201 Å². The molecule has 0 aliphatic heterocycles. The summed E-state index contributed by atoms with van der Waals surface area (Å²) in [6, 6.07) is 13.6. The summed E-state index contributed by atoms with van der Waals surface area (Å²) in [5.74, 6) is 0.720. The minimum absolute atomic E-state index is 0.119. The molecule has 1 atom stereocenters. The fourth-order valence-corrected chi connectivity index (χ4v) is 4.05. The van der Waals surface area contributed by atoms with E-state index in [1.54, 1.807) is 56.5 Å². The highest BCUT2D eigenvalue weighted by molar-refractivity contribution is 7.99. The molecule has 0 saturated carbocycles. The van der Waals surface area contributed by atoms with Gasteiger partial charge in [-0.2, -0.15) is 0 Å². The Kier molecular flexibility index (Phi) is 8.51. The van der Waals surface area contributed by atoms with E-state index in [0.29, 0.717) is 39.5 Å². The maximum atomic E-state index is 12.6. The number of carbonyl (C=O) groups is 2. The van der Waals surface area contributed by atoms with Crippen LogP contribution >= 0.6 is 23.4 Å². The van der Waals surface area contributed by atoms with Crippen molar-refractivity contribution >= 4 is 40.9 Å². The zero-order valence-corrected chi connectivity index (χ0v) is 19.8. The normalized spacial score (nSPS) is 11.5. The summed E-state index contributed by atoms with van der Waals surface area (Å²) in [6.07, 6.45) is 1.70. The number of aromatic nitrogens is 3. The minimum Gasteiger partial charge on any atom is -0.495 e. The van der Waals surface area contributed by atoms with Gasteiger partial charge in [0.25, 0.3) is 5.91 Å². The largest absolute Gasteiger partial charge is 0.495 e. The Morgan fingerprint density at radius 3 is 2.67 bits per heavy atom. The van der Waals surface area contributed by atoms with E-state index in [0.717, 1.165) is 0 Å². The molecule has 3 rings (SSSR count). The quantitative estimate of drug-likeness (QED) is 0.327. The van der Waals surface area contributed by atoms with E-state index < -0.39 is 6.04 Å². The lowest BCUT2D eigenvalue weighted by Gasteiger charge is -2.15. The monoisotopic (exact) mass is 485 g/mol. The first kappa shape index (κ1) is 24.3. The van der Waals surface area contributed by atoms with Gasteiger partial charge in [-0.3, -0.25) is 9.59 Å². The van der Waals surface area contributed by atoms with Crippen molar-refractivity contribution in [1.29, 1.82) is 0 Å². The molecule has 8 nitrogen and oxygen atoms in total. The third-order valence-electron chi connectivity index (χ3n) is 4.62. The fourth-order valence-electron chi connectivity index (χ4n) is 3.08. The van der Waals surface area contributed by atoms with Gasteiger partial charge in [-0.15, -0.1) is 16.8 Å². The minimum atomic E-state index is -0.446. The van der Waals surface area contributed by atoms with Crippen molar-refractivity contribution in [3.05, 3.63) is 77.6 Å². The summed E-state index contributed by atoms with van der Waals surface area (Å²) in [6.45, 7) is 6.01. The van der Waals surface area contributed by atoms with Crippen LogP contribution in [0.2, 0.25) is 5.02 Å². The van der Waals surface area contributed by atoms with Gasteiger partial charge in [-0.05, 0) is 31.2 Å². The van der Waals surface area contributed by atoms with Gasteiger partial charge < -0.3 is 19.9 Å². The first-order valence-corrected chi connectivity index (χ1v) is 11.5. The van der Waals surface area contributed by atoms with Crippen LogP contribution in [0.1, 0.15) is 29.1 Å². The lowest BCUT2D eigenvalue weighted by molar-refractivity contribution is -0.113. The second-order valence-corrected chi connectivity index (χ2v) is 8.30. The number of hydrogen-bond donors (Lipinski definition) is 2. The molecule has 0 aliphatic rings. The summed E-state index contributed by atoms with van der Waals surface area (Å²) in [5.41, 5.74) is 0.971. The first-order chi connectivity index (χ1) is 15.9. The standard InChI is InChI=1S/C23H24ClN5O3S/c1-4-13-29-21(15(2)25-22(31)16-9-5-6-10-17(16)24)27-28-23(29)33-14-20(30)26-18-11-7-8-12-19(18)32-3/h4-12,15H,1,13-14H2,2-3H3,(H,25,31)(H,26,30)/t15-/m0/s1. The van der Waals surface area contributed by atoms with Crippen LogP contribution in [-0.2, 0) is 11.3 Å². The van der Waals surface area contributed by atoms with Gasteiger partial charge in [0, 0.05) is 6.54 Å². The molecule has 172 valence electrons. The molecule has 1 heterocycles. The number of nitrogens with one attached hydrogen (secondary N) is 2. The van der Waals surface area contributed by atoms with Gasteiger partial charge in [-0.1, -0.05) is 53.7 Å². The third-order valence-corrected chi connectivity index (χ3v) is 5.92. The van der Waals surface area contributed by atoms with Crippen molar-refractivity contribution in [3.8, 4) is 5.75 Å². The highest BCUT2D eigenvalue weighted by Crippen LogP contribution is 2.25. The number of para-hydroxylation sites is 2. The number of ether oxygens (including phenoxy) is 1. The van der Waals surface area contributed by atoms with Crippen LogP contribution in [0.4, 0.5) is 5.69 Å². The van der Waals surface area contributed by atoms with Crippen molar-refractivity contribution in [3.63, 3.8) is 0 Å². The molecule has 0 unspecified atom stereocenters. The van der Waals surface area contributed by atoms with Crippen LogP contribution < -0.4 is 15.4 Å². The van der Waals surface area contributed by atoms with Crippen LogP contribution in [0.5, 0.6) is 5.75 Å². The summed E-state index contributed by atoms with van der Waals surface area (Å²) >= 11 is 7.36. The molecule has 0 spiro atoms. The van der Waals surface area contributed by atoms with Gasteiger partial charge in [0.15, 0.2) is 11.0 Å². The first-order valence-electron chi connectivity index (χ1n) is 10.1. The Balaban J connectivity index is 1.68. The van der Waals surface area contributed by atoms with Crippen LogP contribution in [-0.4, -0.2) is 39.4 Å². The molecule has 33 heavy (non-hydrogen) atoms. The van der Waals surface area contributed by atoms with E-state index >= 15 is 0 Å². The number of allylic oxidation sites excluding steroid dienone is 1. The van der Waals surface area contributed by atoms with E-state index in [-0.39, 0.29) is 17.6 Å². The number of carbonyl (C=O) groups excluding carboxylic acids is 2. The number of methoxy groups -OCH3 is 1. The SMILES string of the molecule is C=CCn1c(SCC(=O)Nc2ccccc2OC)nnc1[C@H](C)NC(=O)c1ccccc1Cl. The van der Waals surface area contributed by atoms with Crippen molar-refractivity contribution in [1.82, 2.24) is 20.1 Å². The zero-order valence-electron chi connectivity index (χ0n) is 18.2. The molecule has 2 aromatic carbocycles. The highest BCUT2D eigenvalue weighted by Gasteiger charge is 2.21. The highest BCUT2D eigenvalue weighted by atomic mass is 35.5. The molecule has 0 saturated heterocycles. The summed E-state index contributed by atoms with van der Waals surface area (Å²) in [5, 5.41) is 15.1. The third kappa shape index (κ3) is 6.15. The van der Waals surface area contributed by atoms with Crippen LogP contribution in [0, 0.1) is 0 Å². The average Bonchev–Trinajstić information content (AvgIpc) is 3.21. The summed E-state index contributed by atoms with van der Waals surface area (Å²) < 4.78 is 7.07.